The van der Waals surface area contributed by atoms with Gasteiger partial charge in [0.05, 0.1) is 0 Å². The molecule has 18 heavy (non-hydrogen) atoms. The first-order chi connectivity index (χ1) is 8.49. The van der Waals surface area contributed by atoms with Crippen LogP contribution in [0, 0.1) is 11.8 Å². The lowest BCUT2D eigenvalue weighted by Gasteiger charge is -2.37. The molecular weight excluding hydrogens is 220 g/mol. The second-order valence-electron chi connectivity index (χ2n) is 6.98. The molecule has 0 saturated heterocycles. The van der Waals surface area contributed by atoms with Crippen molar-refractivity contribution in [1.82, 2.24) is 4.90 Å². The Labute approximate surface area is 114 Å². The summed E-state index contributed by atoms with van der Waals surface area (Å²) in [6, 6.07) is 1.20. The molecule has 0 spiro atoms. The van der Waals surface area contributed by atoms with Crippen molar-refractivity contribution < 1.29 is 0 Å². The Kier molecular flexibility index (Phi) is 7.25. The average molecular weight is 254 g/mol. The van der Waals surface area contributed by atoms with E-state index in [1.165, 1.54) is 51.6 Å². The molecule has 1 aliphatic rings. The standard InChI is InChI=1S/C16H34N2/c1-13(2)8-10-18(11-9-14(3)4)16-7-5-6-15(17)12-16/h13-16H,5-12,17H2,1-4H3. The largest absolute Gasteiger partial charge is 0.328 e. The van der Waals surface area contributed by atoms with Gasteiger partial charge in [0.25, 0.3) is 0 Å². The van der Waals surface area contributed by atoms with E-state index in [0.29, 0.717) is 6.04 Å². The Morgan fingerprint density at radius 2 is 1.56 bits per heavy atom. The van der Waals surface area contributed by atoms with E-state index in [0.717, 1.165) is 17.9 Å². The molecule has 0 bridgehead atoms. The smallest absolute Gasteiger partial charge is 0.0110 e. The van der Waals surface area contributed by atoms with Crippen molar-refractivity contribution in [3.05, 3.63) is 0 Å². The number of nitrogens with two attached hydrogens (primary N) is 1. The third-order valence-corrected chi connectivity index (χ3v) is 4.19. The first-order valence-electron chi connectivity index (χ1n) is 7.98. The average Bonchev–Trinajstić information content (AvgIpc) is 2.28. The highest BCUT2D eigenvalue weighted by Crippen LogP contribution is 2.23. The molecule has 2 N–H and O–H groups in total. The second-order valence-corrected chi connectivity index (χ2v) is 6.98. The zero-order valence-electron chi connectivity index (χ0n) is 13.0. The van der Waals surface area contributed by atoms with Crippen molar-refractivity contribution in [2.24, 2.45) is 17.6 Å². The molecule has 1 rings (SSSR count). The van der Waals surface area contributed by atoms with Gasteiger partial charge in [-0.2, -0.15) is 0 Å². The van der Waals surface area contributed by atoms with E-state index in [2.05, 4.69) is 32.6 Å². The monoisotopic (exact) mass is 254 g/mol. The maximum Gasteiger partial charge on any atom is 0.0110 e. The Balaban J connectivity index is 2.46. The fourth-order valence-electron chi connectivity index (χ4n) is 2.86. The first-order valence-corrected chi connectivity index (χ1v) is 7.98. The third kappa shape index (κ3) is 6.19. The first kappa shape index (κ1) is 16.0. The Morgan fingerprint density at radius 1 is 1.00 bits per heavy atom. The van der Waals surface area contributed by atoms with Crippen molar-refractivity contribution >= 4 is 0 Å². The normalized spacial score (nSPS) is 25.3. The van der Waals surface area contributed by atoms with Crippen molar-refractivity contribution in [3.8, 4) is 0 Å². The van der Waals surface area contributed by atoms with Gasteiger partial charge < -0.3 is 10.6 Å². The molecule has 0 radical (unpaired) electrons. The summed E-state index contributed by atoms with van der Waals surface area (Å²) in [6.07, 6.45) is 7.79. The summed E-state index contributed by atoms with van der Waals surface area (Å²) < 4.78 is 0. The quantitative estimate of drug-likeness (QED) is 0.751. The van der Waals surface area contributed by atoms with Gasteiger partial charge >= 0.3 is 0 Å². The molecule has 2 atom stereocenters. The van der Waals surface area contributed by atoms with Gasteiger partial charge in [0, 0.05) is 12.1 Å². The van der Waals surface area contributed by atoms with Crippen molar-refractivity contribution in [3.63, 3.8) is 0 Å². The van der Waals surface area contributed by atoms with E-state index in [-0.39, 0.29) is 0 Å². The minimum absolute atomic E-state index is 0.448. The van der Waals surface area contributed by atoms with Gasteiger partial charge in [0.2, 0.25) is 0 Å². The highest BCUT2D eigenvalue weighted by atomic mass is 15.2. The predicted octanol–water partition coefficient (Wildman–Crippen LogP) is 3.65. The zero-order chi connectivity index (χ0) is 13.5. The van der Waals surface area contributed by atoms with Crippen molar-refractivity contribution in [2.45, 2.75) is 78.3 Å². The van der Waals surface area contributed by atoms with E-state index in [4.69, 9.17) is 5.73 Å². The molecule has 2 unspecified atom stereocenters. The van der Waals surface area contributed by atoms with E-state index in [1.807, 2.05) is 0 Å². The second kappa shape index (κ2) is 8.16. The molecule has 1 saturated carbocycles. The minimum Gasteiger partial charge on any atom is -0.328 e. The Bertz CT molecular complexity index is 201. The van der Waals surface area contributed by atoms with Crippen molar-refractivity contribution in [2.75, 3.05) is 13.1 Å². The summed E-state index contributed by atoms with van der Waals surface area (Å²) in [6.45, 7) is 11.8. The molecule has 2 heteroatoms. The van der Waals surface area contributed by atoms with Gasteiger partial charge in [0.15, 0.2) is 0 Å². The Morgan fingerprint density at radius 3 is 2.00 bits per heavy atom. The molecule has 1 fully saturated rings. The van der Waals surface area contributed by atoms with Crippen LogP contribution in [-0.2, 0) is 0 Å². The number of hydrogen-bond acceptors (Lipinski definition) is 2. The molecule has 0 heterocycles. The number of rotatable bonds is 7. The lowest BCUT2D eigenvalue weighted by Crippen LogP contribution is -2.44. The molecule has 0 aromatic heterocycles. The summed E-state index contributed by atoms with van der Waals surface area (Å²) in [5.74, 6) is 1.62. The summed E-state index contributed by atoms with van der Waals surface area (Å²) >= 11 is 0. The van der Waals surface area contributed by atoms with Gasteiger partial charge in [-0.05, 0) is 57.0 Å². The van der Waals surface area contributed by atoms with Crippen LogP contribution in [0.2, 0.25) is 0 Å². The van der Waals surface area contributed by atoms with Gasteiger partial charge in [0.1, 0.15) is 0 Å². The van der Waals surface area contributed by atoms with Crippen LogP contribution in [-0.4, -0.2) is 30.1 Å². The fourth-order valence-corrected chi connectivity index (χ4v) is 2.86. The summed E-state index contributed by atoms with van der Waals surface area (Å²) in [5.41, 5.74) is 6.15. The SMILES string of the molecule is CC(C)CCN(CCC(C)C)C1CCCC(N)C1. The number of hydrogen-bond donors (Lipinski definition) is 1. The van der Waals surface area contributed by atoms with Crippen LogP contribution in [0.25, 0.3) is 0 Å². The van der Waals surface area contributed by atoms with Gasteiger partial charge in [-0.25, -0.2) is 0 Å². The van der Waals surface area contributed by atoms with Crippen LogP contribution >= 0.6 is 0 Å². The summed E-state index contributed by atoms with van der Waals surface area (Å²) in [4.78, 5) is 2.74. The van der Waals surface area contributed by atoms with Crippen molar-refractivity contribution in [1.29, 1.82) is 0 Å². The minimum atomic E-state index is 0.448. The molecule has 0 aliphatic heterocycles. The third-order valence-electron chi connectivity index (χ3n) is 4.19. The van der Waals surface area contributed by atoms with Crippen LogP contribution in [0.3, 0.4) is 0 Å². The predicted molar refractivity (Wildman–Crippen MR) is 80.7 cm³/mol. The van der Waals surface area contributed by atoms with Gasteiger partial charge in [-0.1, -0.05) is 34.1 Å². The molecule has 0 aromatic carbocycles. The molecule has 1 aliphatic carbocycles. The van der Waals surface area contributed by atoms with Crippen LogP contribution < -0.4 is 5.73 Å². The number of nitrogens with zero attached hydrogens (tertiary/aromatic N) is 1. The van der Waals surface area contributed by atoms with Gasteiger partial charge in [-0.3, -0.25) is 0 Å². The lowest BCUT2D eigenvalue weighted by molar-refractivity contribution is 0.134. The topological polar surface area (TPSA) is 29.3 Å². The summed E-state index contributed by atoms with van der Waals surface area (Å²) in [7, 11) is 0. The molecular formula is C16H34N2. The van der Waals surface area contributed by atoms with E-state index in [1.54, 1.807) is 0 Å². The van der Waals surface area contributed by atoms with E-state index >= 15 is 0 Å². The zero-order valence-corrected chi connectivity index (χ0v) is 13.0. The Hall–Kier alpha value is -0.0800. The molecule has 108 valence electrons. The highest BCUT2D eigenvalue weighted by Gasteiger charge is 2.24. The van der Waals surface area contributed by atoms with E-state index in [9.17, 15) is 0 Å². The van der Waals surface area contributed by atoms with Crippen LogP contribution in [0.4, 0.5) is 0 Å². The molecule has 2 nitrogen and oxygen atoms in total. The lowest BCUT2D eigenvalue weighted by atomic mass is 9.90. The highest BCUT2D eigenvalue weighted by molar-refractivity contribution is 4.82. The molecule has 0 amide bonds. The summed E-state index contributed by atoms with van der Waals surface area (Å²) in [5, 5.41) is 0. The van der Waals surface area contributed by atoms with Gasteiger partial charge in [-0.15, -0.1) is 0 Å². The fraction of sp³-hybridized carbons (Fsp3) is 1.00. The molecule has 0 aromatic rings. The van der Waals surface area contributed by atoms with Crippen LogP contribution in [0.1, 0.15) is 66.2 Å². The van der Waals surface area contributed by atoms with Crippen LogP contribution in [0.15, 0.2) is 0 Å². The maximum absolute atomic E-state index is 6.15. The van der Waals surface area contributed by atoms with E-state index < -0.39 is 0 Å². The van der Waals surface area contributed by atoms with Crippen LogP contribution in [0.5, 0.6) is 0 Å². The maximum atomic E-state index is 6.15.